The maximum atomic E-state index is 10.2. The summed E-state index contributed by atoms with van der Waals surface area (Å²) in [6.45, 7) is 16.0. The first kappa shape index (κ1) is 21.9. The normalized spacial score (nSPS) is 39.9. The molecule has 0 aromatic carbocycles. The van der Waals surface area contributed by atoms with E-state index in [4.69, 9.17) is 0 Å². The number of aliphatic hydroxyl groups is 1. The molecule has 164 valence electrons. The first-order chi connectivity index (χ1) is 14.2. The largest absolute Gasteiger partial charge is 0.393 e. The molecule has 0 spiro atoms. The zero-order valence-corrected chi connectivity index (χ0v) is 19.9. The predicted molar refractivity (Wildman–Crippen MR) is 128 cm³/mol. The van der Waals surface area contributed by atoms with Crippen molar-refractivity contribution >= 4 is 0 Å². The third-order valence-electron chi connectivity index (χ3n) is 9.42. The first-order valence-corrected chi connectivity index (χ1v) is 12.3. The van der Waals surface area contributed by atoms with E-state index < -0.39 is 0 Å². The van der Waals surface area contributed by atoms with Crippen LogP contribution in [0.1, 0.15) is 79.6 Å². The lowest BCUT2D eigenvalue weighted by Crippen LogP contribution is -2.44. The van der Waals surface area contributed by atoms with E-state index in [-0.39, 0.29) is 11.5 Å². The summed E-state index contributed by atoms with van der Waals surface area (Å²) in [5.74, 6) is 2.43. The van der Waals surface area contributed by atoms with Gasteiger partial charge in [-0.15, -0.1) is 0 Å². The van der Waals surface area contributed by atoms with Gasteiger partial charge in [-0.2, -0.15) is 0 Å². The molecule has 30 heavy (non-hydrogen) atoms. The Morgan fingerprint density at radius 3 is 2.63 bits per heavy atom. The van der Waals surface area contributed by atoms with Gasteiger partial charge in [-0.05, 0) is 97.5 Å². The van der Waals surface area contributed by atoms with E-state index in [0.29, 0.717) is 29.1 Å². The van der Waals surface area contributed by atoms with Crippen molar-refractivity contribution < 1.29 is 5.11 Å². The molecule has 0 radical (unpaired) electrons. The van der Waals surface area contributed by atoms with Crippen molar-refractivity contribution in [2.45, 2.75) is 85.7 Å². The minimum absolute atomic E-state index is 0.137. The van der Waals surface area contributed by atoms with Gasteiger partial charge >= 0.3 is 0 Å². The lowest BCUT2D eigenvalue weighted by molar-refractivity contribution is 0.0719. The molecule has 0 saturated heterocycles. The van der Waals surface area contributed by atoms with Crippen LogP contribution in [0, 0.1) is 34.5 Å². The van der Waals surface area contributed by atoms with Gasteiger partial charge in [0.1, 0.15) is 0 Å². The van der Waals surface area contributed by atoms with Crippen LogP contribution in [0.25, 0.3) is 0 Å². The topological polar surface area (TPSA) is 20.2 Å². The van der Waals surface area contributed by atoms with E-state index in [0.717, 1.165) is 25.7 Å². The van der Waals surface area contributed by atoms with Crippen molar-refractivity contribution in [2.24, 2.45) is 34.5 Å². The fourth-order valence-corrected chi connectivity index (χ4v) is 7.31. The van der Waals surface area contributed by atoms with E-state index in [1.54, 1.807) is 11.1 Å². The molecule has 2 fully saturated rings. The molecule has 1 N–H and O–H groups in total. The summed E-state index contributed by atoms with van der Waals surface area (Å²) >= 11 is 0. The average molecular weight is 407 g/mol. The van der Waals surface area contributed by atoms with Gasteiger partial charge in [-0.1, -0.05) is 75.8 Å². The van der Waals surface area contributed by atoms with Gasteiger partial charge in [0, 0.05) is 0 Å². The fraction of sp³-hybridized carbons (Fsp3) is 0.655. The second kappa shape index (κ2) is 7.97. The minimum Gasteiger partial charge on any atom is -0.393 e. The standard InChI is InChI=1S/C29H42O/c1-7-21(19(2)3)9-8-20(4)25-12-13-26-24-11-10-22-18-23(30)14-16-28(22,5)27(24)15-17-29(25,26)6/h8-11,13,20-21,23,25,27,30H,2,7,12,14-18H2,1,3-6H3/b9-8+/t20-,21-,23+,25-,27+,28+,29-/m1/s1. The van der Waals surface area contributed by atoms with E-state index in [1.165, 1.54) is 30.4 Å². The van der Waals surface area contributed by atoms with Gasteiger partial charge in [-0.25, -0.2) is 0 Å². The molecule has 7 atom stereocenters. The van der Waals surface area contributed by atoms with Gasteiger partial charge in [0.2, 0.25) is 0 Å². The molecular formula is C29H42O. The lowest BCUT2D eigenvalue weighted by atomic mass is 9.51. The first-order valence-electron chi connectivity index (χ1n) is 12.3. The Labute approximate surface area is 184 Å². The van der Waals surface area contributed by atoms with E-state index in [2.05, 4.69) is 71.6 Å². The third kappa shape index (κ3) is 3.42. The molecule has 0 aromatic rings. The van der Waals surface area contributed by atoms with Gasteiger partial charge < -0.3 is 5.11 Å². The zero-order chi connectivity index (χ0) is 21.7. The Kier molecular flexibility index (Phi) is 5.81. The van der Waals surface area contributed by atoms with Crippen LogP contribution in [0.3, 0.4) is 0 Å². The second-order valence-electron chi connectivity index (χ2n) is 11.2. The highest BCUT2D eigenvalue weighted by Crippen LogP contribution is 2.64. The van der Waals surface area contributed by atoms with Crippen LogP contribution in [-0.4, -0.2) is 11.2 Å². The van der Waals surface area contributed by atoms with Crippen molar-refractivity contribution in [1.29, 1.82) is 0 Å². The molecule has 0 aliphatic heterocycles. The van der Waals surface area contributed by atoms with Gasteiger partial charge in [0.15, 0.2) is 0 Å². The Balaban J connectivity index is 1.58. The summed E-state index contributed by atoms with van der Waals surface area (Å²) in [4.78, 5) is 0. The summed E-state index contributed by atoms with van der Waals surface area (Å²) in [7, 11) is 0. The SMILES string of the molecule is C=C(C)[C@@H](/C=C/[C@@H](C)[C@H]1CC=C2C3=CC=C4C[C@@H](O)CC[C@]4(C)[C@H]3CC[C@@]21C)CC. The van der Waals surface area contributed by atoms with Crippen LogP contribution >= 0.6 is 0 Å². The Hall–Kier alpha value is -1.34. The molecule has 1 nitrogen and oxygen atoms in total. The van der Waals surface area contributed by atoms with E-state index >= 15 is 0 Å². The zero-order valence-electron chi connectivity index (χ0n) is 19.9. The van der Waals surface area contributed by atoms with Crippen LogP contribution in [0.4, 0.5) is 0 Å². The van der Waals surface area contributed by atoms with E-state index in [9.17, 15) is 5.11 Å². The number of rotatable bonds is 5. The molecule has 0 heterocycles. The van der Waals surface area contributed by atoms with Crippen molar-refractivity contribution in [3.8, 4) is 0 Å². The molecule has 1 heteroatoms. The average Bonchev–Trinajstić information content (AvgIpc) is 3.06. The fourth-order valence-electron chi connectivity index (χ4n) is 7.31. The molecule has 0 unspecified atom stereocenters. The lowest BCUT2D eigenvalue weighted by Gasteiger charge is -2.53. The second-order valence-corrected chi connectivity index (χ2v) is 11.2. The molecule has 2 saturated carbocycles. The van der Waals surface area contributed by atoms with E-state index in [1.807, 2.05) is 0 Å². The molecule has 4 rings (SSSR count). The molecule has 0 amide bonds. The quantitative estimate of drug-likeness (QED) is 0.467. The smallest absolute Gasteiger partial charge is 0.0578 e. The molecule has 4 aliphatic rings. The summed E-state index contributed by atoms with van der Waals surface area (Å²) in [6.07, 6.45) is 20.1. The number of fused-ring (bicyclic) bond motifs is 5. The van der Waals surface area contributed by atoms with Gasteiger partial charge in [0.05, 0.1) is 6.10 Å². The number of allylic oxidation sites excluding steroid dienone is 8. The maximum absolute atomic E-state index is 10.2. The summed E-state index contributed by atoms with van der Waals surface area (Å²) in [5, 5.41) is 10.2. The molecular weight excluding hydrogens is 364 g/mol. The number of hydrogen-bond donors (Lipinski definition) is 1. The highest BCUT2D eigenvalue weighted by atomic mass is 16.3. The van der Waals surface area contributed by atoms with Crippen LogP contribution < -0.4 is 0 Å². The molecule has 0 aromatic heterocycles. The van der Waals surface area contributed by atoms with Crippen molar-refractivity contribution in [3.05, 3.63) is 59.3 Å². The summed E-state index contributed by atoms with van der Waals surface area (Å²) in [5.41, 5.74) is 6.60. The number of hydrogen-bond acceptors (Lipinski definition) is 1. The highest BCUT2D eigenvalue weighted by molar-refractivity contribution is 5.51. The Morgan fingerprint density at radius 1 is 1.20 bits per heavy atom. The molecule has 0 bridgehead atoms. The molecule has 4 aliphatic carbocycles. The third-order valence-corrected chi connectivity index (χ3v) is 9.42. The van der Waals surface area contributed by atoms with Crippen LogP contribution in [0.5, 0.6) is 0 Å². The Morgan fingerprint density at radius 2 is 1.93 bits per heavy atom. The highest BCUT2D eigenvalue weighted by Gasteiger charge is 2.53. The monoisotopic (exact) mass is 406 g/mol. The Bertz CT molecular complexity index is 823. The summed E-state index contributed by atoms with van der Waals surface area (Å²) in [6, 6.07) is 0. The van der Waals surface area contributed by atoms with Gasteiger partial charge in [0.25, 0.3) is 0 Å². The number of aliphatic hydroxyl groups excluding tert-OH is 1. The van der Waals surface area contributed by atoms with Crippen LogP contribution in [0.2, 0.25) is 0 Å². The van der Waals surface area contributed by atoms with Crippen molar-refractivity contribution in [3.63, 3.8) is 0 Å². The summed E-state index contributed by atoms with van der Waals surface area (Å²) < 4.78 is 0. The van der Waals surface area contributed by atoms with Gasteiger partial charge in [-0.3, -0.25) is 0 Å². The predicted octanol–water partition coefficient (Wildman–Crippen LogP) is 7.56. The van der Waals surface area contributed by atoms with Crippen LogP contribution in [0.15, 0.2) is 59.3 Å². The maximum Gasteiger partial charge on any atom is 0.0578 e. The van der Waals surface area contributed by atoms with Crippen molar-refractivity contribution in [1.82, 2.24) is 0 Å². The van der Waals surface area contributed by atoms with Crippen molar-refractivity contribution in [2.75, 3.05) is 0 Å². The van der Waals surface area contributed by atoms with Crippen LogP contribution in [-0.2, 0) is 0 Å². The minimum atomic E-state index is -0.137.